The average Bonchev–Trinajstić information content (AvgIpc) is 2.36. The highest BCUT2D eigenvalue weighted by molar-refractivity contribution is 5.96. The minimum absolute atomic E-state index is 0.126. The van der Waals surface area contributed by atoms with E-state index in [2.05, 4.69) is 5.32 Å². The standard InChI is InChI=1S/C13H18FNO3/c1-3-4-10(16)8-15-13(17)11-7-9(14)5-6-12(11)18-2/h5-7,10,16H,3-4,8H2,1-2H3,(H,15,17). The Bertz CT molecular complexity index is 409. The zero-order chi connectivity index (χ0) is 13.5. The second kappa shape index (κ2) is 6.96. The van der Waals surface area contributed by atoms with Crippen LogP contribution in [-0.4, -0.2) is 30.8 Å². The molecule has 1 amide bonds. The Balaban J connectivity index is 2.68. The molecule has 5 heteroatoms. The Morgan fingerprint density at radius 1 is 1.56 bits per heavy atom. The highest BCUT2D eigenvalue weighted by Crippen LogP contribution is 2.19. The molecule has 0 saturated heterocycles. The van der Waals surface area contributed by atoms with Crippen LogP contribution >= 0.6 is 0 Å². The van der Waals surface area contributed by atoms with E-state index in [0.29, 0.717) is 12.2 Å². The predicted molar refractivity (Wildman–Crippen MR) is 66.2 cm³/mol. The molecule has 1 unspecified atom stereocenters. The van der Waals surface area contributed by atoms with E-state index in [1.165, 1.54) is 19.2 Å². The van der Waals surface area contributed by atoms with Crippen LogP contribution in [0.25, 0.3) is 0 Å². The maximum absolute atomic E-state index is 13.1. The largest absolute Gasteiger partial charge is 0.496 e. The number of nitrogens with one attached hydrogen (secondary N) is 1. The second-order valence-electron chi connectivity index (χ2n) is 4.00. The van der Waals surface area contributed by atoms with Crippen LogP contribution in [0.3, 0.4) is 0 Å². The van der Waals surface area contributed by atoms with Crippen molar-refractivity contribution in [2.75, 3.05) is 13.7 Å². The number of hydrogen-bond acceptors (Lipinski definition) is 3. The van der Waals surface area contributed by atoms with Gasteiger partial charge in [0.05, 0.1) is 18.8 Å². The molecule has 1 atom stereocenters. The molecule has 0 aliphatic heterocycles. The molecule has 0 aliphatic rings. The van der Waals surface area contributed by atoms with Gasteiger partial charge >= 0.3 is 0 Å². The first-order valence-electron chi connectivity index (χ1n) is 5.88. The smallest absolute Gasteiger partial charge is 0.255 e. The van der Waals surface area contributed by atoms with Gasteiger partial charge in [-0.25, -0.2) is 4.39 Å². The van der Waals surface area contributed by atoms with E-state index in [-0.39, 0.29) is 12.1 Å². The summed E-state index contributed by atoms with van der Waals surface area (Å²) >= 11 is 0. The average molecular weight is 255 g/mol. The molecular formula is C13H18FNO3. The summed E-state index contributed by atoms with van der Waals surface area (Å²) in [5.41, 5.74) is 0.126. The highest BCUT2D eigenvalue weighted by Gasteiger charge is 2.14. The third-order valence-electron chi connectivity index (χ3n) is 2.53. The van der Waals surface area contributed by atoms with Crippen molar-refractivity contribution >= 4 is 5.91 Å². The SMILES string of the molecule is CCCC(O)CNC(=O)c1cc(F)ccc1OC. The monoisotopic (exact) mass is 255 g/mol. The first-order chi connectivity index (χ1) is 8.58. The third kappa shape index (κ3) is 4.00. The zero-order valence-electron chi connectivity index (χ0n) is 10.6. The molecule has 2 N–H and O–H groups in total. The summed E-state index contributed by atoms with van der Waals surface area (Å²) < 4.78 is 18.1. The molecule has 0 aromatic heterocycles. The van der Waals surface area contributed by atoms with Crippen molar-refractivity contribution < 1.29 is 19.0 Å². The Labute approximate surface area is 106 Å². The van der Waals surface area contributed by atoms with Gasteiger partial charge < -0.3 is 15.2 Å². The molecule has 0 fully saturated rings. The fourth-order valence-corrected chi connectivity index (χ4v) is 1.60. The van der Waals surface area contributed by atoms with Gasteiger partial charge in [-0.15, -0.1) is 0 Å². The molecule has 18 heavy (non-hydrogen) atoms. The number of methoxy groups -OCH3 is 1. The number of amides is 1. The van der Waals surface area contributed by atoms with Gasteiger partial charge in [-0.3, -0.25) is 4.79 Å². The van der Waals surface area contributed by atoms with Crippen LogP contribution in [0.15, 0.2) is 18.2 Å². The van der Waals surface area contributed by atoms with E-state index in [4.69, 9.17) is 4.74 Å². The second-order valence-corrected chi connectivity index (χ2v) is 4.00. The van der Waals surface area contributed by atoms with Crippen LogP contribution in [0.2, 0.25) is 0 Å². The van der Waals surface area contributed by atoms with Gasteiger partial charge in [0, 0.05) is 6.54 Å². The van der Waals surface area contributed by atoms with Crippen LogP contribution in [0.4, 0.5) is 4.39 Å². The molecule has 0 saturated carbocycles. The molecule has 0 bridgehead atoms. The lowest BCUT2D eigenvalue weighted by molar-refractivity contribution is 0.0906. The Morgan fingerprint density at radius 2 is 2.28 bits per heavy atom. The lowest BCUT2D eigenvalue weighted by Crippen LogP contribution is -2.32. The maximum atomic E-state index is 13.1. The number of hydrogen-bond donors (Lipinski definition) is 2. The van der Waals surface area contributed by atoms with Crippen molar-refractivity contribution in [2.24, 2.45) is 0 Å². The number of halogens is 1. The van der Waals surface area contributed by atoms with Crippen LogP contribution in [-0.2, 0) is 0 Å². The number of benzene rings is 1. The van der Waals surface area contributed by atoms with Gasteiger partial charge in [0.15, 0.2) is 0 Å². The van der Waals surface area contributed by atoms with Gasteiger partial charge in [-0.2, -0.15) is 0 Å². The van der Waals surface area contributed by atoms with Gasteiger partial charge in [-0.05, 0) is 24.6 Å². The quantitative estimate of drug-likeness (QED) is 0.813. The molecular weight excluding hydrogens is 237 g/mol. The molecule has 1 aromatic rings. The number of ether oxygens (including phenoxy) is 1. The molecule has 4 nitrogen and oxygen atoms in total. The minimum Gasteiger partial charge on any atom is -0.496 e. The van der Waals surface area contributed by atoms with Crippen molar-refractivity contribution in [3.05, 3.63) is 29.6 Å². The highest BCUT2D eigenvalue weighted by atomic mass is 19.1. The van der Waals surface area contributed by atoms with Gasteiger partial charge in [0.25, 0.3) is 5.91 Å². The third-order valence-corrected chi connectivity index (χ3v) is 2.53. The molecule has 0 radical (unpaired) electrons. The number of carbonyl (C=O) groups is 1. The summed E-state index contributed by atoms with van der Waals surface area (Å²) in [6.45, 7) is 2.09. The van der Waals surface area contributed by atoms with Gasteiger partial charge in [0.2, 0.25) is 0 Å². The van der Waals surface area contributed by atoms with E-state index in [1.807, 2.05) is 6.92 Å². The summed E-state index contributed by atoms with van der Waals surface area (Å²) in [6.07, 6.45) is 0.861. The molecule has 1 aromatic carbocycles. The van der Waals surface area contributed by atoms with Crippen LogP contribution in [0.1, 0.15) is 30.1 Å². The number of rotatable bonds is 6. The maximum Gasteiger partial charge on any atom is 0.255 e. The van der Waals surface area contributed by atoms with Crippen LogP contribution < -0.4 is 10.1 Å². The fraction of sp³-hybridized carbons (Fsp3) is 0.462. The van der Waals surface area contributed by atoms with E-state index < -0.39 is 17.8 Å². The molecule has 100 valence electrons. The number of aliphatic hydroxyl groups excluding tert-OH is 1. The minimum atomic E-state index is -0.585. The molecule has 0 spiro atoms. The Hall–Kier alpha value is -1.62. The summed E-state index contributed by atoms with van der Waals surface area (Å²) in [5, 5.41) is 12.1. The van der Waals surface area contributed by atoms with Crippen molar-refractivity contribution in [3.63, 3.8) is 0 Å². The predicted octanol–water partition coefficient (Wildman–Crippen LogP) is 1.73. The Kier molecular flexibility index (Phi) is 5.58. The first kappa shape index (κ1) is 14.4. The van der Waals surface area contributed by atoms with E-state index in [0.717, 1.165) is 12.5 Å². The van der Waals surface area contributed by atoms with E-state index in [1.54, 1.807) is 0 Å². The van der Waals surface area contributed by atoms with E-state index >= 15 is 0 Å². The molecule has 1 rings (SSSR count). The number of aliphatic hydroxyl groups is 1. The summed E-state index contributed by atoms with van der Waals surface area (Å²) in [7, 11) is 1.41. The molecule has 0 heterocycles. The summed E-state index contributed by atoms with van der Waals surface area (Å²) in [4.78, 5) is 11.8. The topological polar surface area (TPSA) is 58.6 Å². The first-order valence-corrected chi connectivity index (χ1v) is 5.88. The number of carbonyl (C=O) groups excluding carboxylic acids is 1. The van der Waals surface area contributed by atoms with Crippen molar-refractivity contribution in [3.8, 4) is 5.75 Å². The summed E-state index contributed by atoms with van der Waals surface area (Å²) in [5.74, 6) is -0.657. The van der Waals surface area contributed by atoms with Crippen molar-refractivity contribution in [1.29, 1.82) is 0 Å². The Morgan fingerprint density at radius 3 is 2.89 bits per heavy atom. The van der Waals surface area contributed by atoms with Gasteiger partial charge in [0.1, 0.15) is 11.6 Å². The van der Waals surface area contributed by atoms with Crippen LogP contribution in [0.5, 0.6) is 5.75 Å². The van der Waals surface area contributed by atoms with Crippen molar-refractivity contribution in [2.45, 2.75) is 25.9 Å². The van der Waals surface area contributed by atoms with Gasteiger partial charge in [-0.1, -0.05) is 13.3 Å². The lowest BCUT2D eigenvalue weighted by Gasteiger charge is -2.12. The van der Waals surface area contributed by atoms with Crippen LogP contribution in [0, 0.1) is 5.82 Å². The lowest BCUT2D eigenvalue weighted by atomic mass is 10.1. The zero-order valence-corrected chi connectivity index (χ0v) is 10.6. The van der Waals surface area contributed by atoms with E-state index in [9.17, 15) is 14.3 Å². The van der Waals surface area contributed by atoms with Crippen molar-refractivity contribution in [1.82, 2.24) is 5.32 Å². The molecule has 0 aliphatic carbocycles. The normalized spacial score (nSPS) is 12.0. The summed E-state index contributed by atoms with van der Waals surface area (Å²) in [6, 6.07) is 3.73. The fourth-order valence-electron chi connectivity index (χ4n) is 1.60.